The number of H-pyrrole nitrogens is 1. The van der Waals surface area contributed by atoms with E-state index in [-0.39, 0.29) is 0 Å². The van der Waals surface area contributed by atoms with E-state index in [1.165, 1.54) is 16.0 Å². The van der Waals surface area contributed by atoms with Crippen molar-refractivity contribution in [3.63, 3.8) is 0 Å². The molecule has 0 spiro atoms. The lowest BCUT2D eigenvalue weighted by molar-refractivity contribution is 0.557. The molecule has 0 aliphatic heterocycles. The number of aryl methyl sites for hydroxylation is 1. The predicted molar refractivity (Wildman–Crippen MR) is 84.6 cm³/mol. The third-order valence-electron chi connectivity index (χ3n) is 3.48. The topological polar surface area (TPSA) is 20.7 Å². The molecule has 4 heteroatoms. The molecular formula is C15H16N2S2. The van der Waals surface area contributed by atoms with E-state index >= 15 is 0 Å². The fourth-order valence-corrected chi connectivity index (χ4v) is 3.75. The number of aromatic amines is 1. The average molecular weight is 288 g/mol. The molecule has 3 rings (SSSR count). The third-order valence-corrected chi connectivity index (χ3v) is 4.68. The molecule has 1 N–H and O–H groups in total. The first kappa shape index (κ1) is 12.6. The average Bonchev–Trinajstić information content (AvgIpc) is 2.96. The summed E-state index contributed by atoms with van der Waals surface area (Å²) in [6, 6.07) is 11.0. The van der Waals surface area contributed by atoms with E-state index in [4.69, 9.17) is 12.2 Å². The second kappa shape index (κ2) is 4.94. The lowest BCUT2D eigenvalue weighted by Gasteiger charge is -2.13. The van der Waals surface area contributed by atoms with Crippen molar-refractivity contribution in [2.45, 2.75) is 26.3 Å². The van der Waals surface area contributed by atoms with Gasteiger partial charge >= 0.3 is 0 Å². The molecule has 0 amide bonds. The summed E-state index contributed by atoms with van der Waals surface area (Å²) in [6.07, 6.45) is 1.02. The molecule has 1 unspecified atom stereocenters. The van der Waals surface area contributed by atoms with Gasteiger partial charge in [-0.3, -0.25) is 0 Å². The van der Waals surface area contributed by atoms with Crippen molar-refractivity contribution in [3.05, 3.63) is 50.9 Å². The molecule has 0 aliphatic rings. The molecule has 2 aromatic heterocycles. The van der Waals surface area contributed by atoms with Crippen molar-refractivity contribution in [3.8, 4) is 0 Å². The van der Waals surface area contributed by atoms with E-state index in [0.717, 1.165) is 16.7 Å². The summed E-state index contributed by atoms with van der Waals surface area (Å²) in [5.74, 6) is 0. The minimum absolute atomic E-state index is 0.363. The molecule has 98 valence electrons. The van der Waals surface area contributed by atoms with E-state index in [2.05, 4.69) is 59.1 Å². The molecule has 2 nitrogen and oxygen atoms in total. The van der Waals surface area contributed by atoms with Crippen molar-refractivity contribution in [2.75, 3.05) is 0 Å². The molecular weight excluding hydrogens is 272 g/mol. The molecule has 0 saturated heterocycles. The van der Waals surface area contributed by atoms with Gasteiger partial charge in [0.1, 0.15) is 0 Å². The number of fused-ring (bicyclic) bond motifs is 1. The van der Waals surface area contributed by atoms with Gasteiger partial charge in [0.25, 0.3) is 0 Å². The normalized spacial score (nSPS) is 12.9. The summed E-state index contributed by atoms with van der Waals surface area (Å²) in [5.41, 5.74) is 3.60. The van der Waals surface area contributed by atoms with Gasteiger partial charge in [-0.2, -0.15) is 0 Å². The zero-order valence-electron chi connectivity index (χ0n) is 11.0. The van der Waals surface area contributed by atoms with Crippen LogP contribution >= 0.6 is 23.6 Å². The van der Waals surface area contributed by atoms with Crippen LogP contribution < -0.4 is 0 Å². The molecule has 0 aliphatic carbocycles. The molecule has 0 bridgehead atoms. The van der Waals surface area contributed by atoms with Gasteiger partial charge in [0, 0.05) is 17.3 Å². The first-order valence-electron chi connectivity index (χ1n) is 6.39. The molecule has 1 aromatic carbocycles. The van der Waals surface area contributed by atoms with Crippen molar-refractivity contribution in [2.24, 2.45) is 0 Å². The fraction of sp³-hybridized carbons (Fsp3) is 0.267. The second-order valence-electron chi connectivity index (χ2n) is 4.90. The molecule has 2 heterocycles. The zero-order valence-corrected chi connectivity index (χ0v) is 12.6. The first-order chi connectivity index (χ1) is 9.16. The number of imidazole rings is 1. The minimum Gasteiger partial charge on any atom is -0.330 e. The Morgan fingerprint density at radius 3 is 2.89 bits per heavy atom. The van der Waals surface area contributed by atoms with Crippen LogP contribution in [0, 0.1) is 11.7 Å². The van der Waals surface area contributed by atoms with Gasteiger partial charge in [0.2, 0.25) is 0 Å². The summed E-state index contributed by atoms with van der Waals surface area (Å²) in [5, 5.41) is 2.13. The molecule has 0 saturated carbocycles. The highest BCUT2D eigenvalue weighted by molar-refractivity contribution is 7.71. The lowest BCUT2D eigenvalue weighted by atomic mass is 10.1. The largest absolute Gasteiger partial charge is 0.330 e. The van der Waals surface area contributed by atoms with Crippen molar-refractivity contribution in [1.82, 2.24) is 9.55 Å². The highest BCUT2D eigenvalue weighted by atomic mass is 32.1. The summed E-state index contributed by atoms with van der Waals surface area (Å²) in [7, 11) is 0. The number of para-hydroxylation sites is 1. The van der Waals surface area contributed by atoms with Gasteiger partial charge in [0.05, 0.1) is 11.0 Å². The van der Waals surface area contributed by atoms with Gasteiger partial charge < -0.3 is 9.55 Å². The van der Waals surface area contributed by atoms with Crippen LogP contribution in [0.2, 0.25) is 0 Å². The van der Waals surface area contributed by atoms with E-state index in [1.54, 1.807) is 11.3 Å². The molecule has 3 aromatic rings. The number of benzene rings is 1. The minimum atomic E-state index is 0.363. The van der Waals surface area contributed by atoms with Gasteiger partial charge in [-0.05, 0) is 49.1 Å². The van der Waals surface area contributed by atoms with Gasteiger partial charge in [0.15, 0.2) is 4.77 Å². The Kier molecular flexibility index (Phi) is 3.29. The van der Waals surface area contributed by atoms with E-state index < -0.39 is 0 Å². The molecule has 0 radical (unpaired) electrons. The third kappa shape index (κ3) is 2.26. The number of rotatable bonds is 3. The Labute approximate surface area is 121 Å². The van der Waals surface area contributed by atoms with Crippen LogP contribution in [0.4, 0.5) is 0 Å². The maximum atomic E-state index is 5.50. The van der Waals surface area contributed by atoms with Crippen molar-refractivity contribution >= 4 is 34.6 Å². The number of nitrogens with zero attached hydrogens (tertiary/aromatic N) is 1. The van der Waals surface area contributed by atoms with Gasteiger partial charge in [-0.1, -0.05) is 18.2 Å². The number of hydrogen-bond acceptors (Lipinski definition) is 2. The van der Waals surface area contributed by atoms with Crippen LogP contribution in [-0.4, -0.2) is 9.55 Å². The number of hydrogen-bond donors (Lipinski definition) is 1. The molecule has 0 fully saturated rings. The SMILES string of the molecule is Cc1cccc2c1[nH]c(=S)n2C(C)Cc1cccs1. The van der Waals surface area contributed by atoms with Gasteiger partial charge in [-0.25, -0.2) is 0 Å². The Morgan fingerprint density at radius 1 is 1.32 bits per heavy atom. The van der Waals surface area contributed by atoms with E-state index in [0.29, 0.717) is 6.04 Å². The van der Waals surface area contributed by atoms with Crippen LogP contribution in [0.3, 0.4) is 0 Å². The molecule has 1 atom stereocenters. The van der Waals surface area contributed by atoms with Crippen molar-refractivity contribution in [1.29, 1.82) is 0 Å². The Morgan fingerprint density at radius 2 is 2.16 bits per heavy atom. The summed E-state index contributed by atoms with van der Waals surface area (Å²) >= 11 is 7.30. The molecule has 19 heavy (non-hydrogen) atoms. The lowest BCUT2D eigenvalue weighted by Crippen LogP contribution is -2.07. The highest BCUT2D eigenvalue weighted by Gasteiger charge is 2.13. The smallest absolute Gasteiger partial charge is 0.178 e. The Bertz CT molecular complexity index is 750. The van der Waals surface area contributed by atoms with Crippen LogP contribution in [0.5, 0.6) is 0 Å². The van der Waals surface area contributed by atoms with E-state index in [9.17, 15) is 0 Å². The summed E-state index contributed by atoms with van der Waals surface area (Å²) < 4.78 is 3.05. The standard InChI is InChI=1S/C15H16N2S2/c1-10-5-3-7-13-14(10)16-15(18)17(13)11(2)9-12-6-4-8-19-12/h3-8,11H,9H2,1-2H3,(H,16,18). The fourth-order valence-electron chi connectivity index (χ4n) is 2.54. The Hall–Kier alpha value is -1.39. The summed E-state index contributed by atoms with van der Waals surface area (Å²) in [6.45, 7) is 4.34. The van der Waals surface area contributed by atoms with Crippen molar-refractivity contribution < 1.29 is 0 Å². The number of nitrogens with one attached hydrogen (secondary N) is 1. The van der Waals surface area contributed by atoms with Crippen LogP contribution in [-0.2, 0) is 6.42 Å². The maximum absolute atomic E-state index is 5.50. The summed E-state index contributed by atoms with van der Waals surface area (Å²) in [4.78, 5) is 4.74. The zero-order chi connectivity index (χ0) is 13.4. The van der Waals surface area contributed by atoms with Crippen LogP contribution in [0.1, 0.15) is 23.4 Å². The first-order valence-corrected chi connectivity index (χ1v) is 7.68. The quantitative estimate of drug-likeness (QED) is 0.682. The van der Waals surface area contributed by atoms with E-state index in [1.807, 2.05) is 0 Å². The highest BCUT2D eigenvalue weighted by Crippen LogP contribution is 2.25. The predicted octanol–water partition coefficient (Wildman–Crippen LogP) is 4.87. The van der Waals surface area contributed by atoms with Crippen LogP contribution in [0.25, 0.3) is 11.0 Å². The van der Waals surface area contributed by atoms with Crippen LogP contribution in [0.15, 0.2) is 35.7 Å². The Balaban J connectivity index is 2.07. The number of aromatic nitrogens is 2. The second-order valence-corrected chi connectivity index (χ2v) is 6.32. The maximum Gasteiger partial charge on any atom is 0.178 e. The monoisotopic (exact) mass is 288 g/mol. The van der Waals surface area contributed by atoms with Gasteiger partial charge in [-0.15, -0.1) is 11.3 Å². The number of thiophene rings is 1.